The van der Waals surface area contributed by atoms with Crippen LogP contribution in [0.15, 0.2) is 18.5 Å². The van der Waals surface area contributed by atoms with E-state index in [0.717, 1.165) is 0 Å². The smallest absolute Gasteiger partial charge is 0.332 e. The van der Waals surface area contributed by atoms with Crippen molar-refractivity contribution in [3.63, 3.8) is 0 Å². The van der Waals surface area contributed by atoms with Crippen LogP contribution in [0.3, 0.4) is 0 Å². The number of aliphatic hydroxyl groups is 1. The lowest BCUT2D eigenvalue weighted by Gasteiger charge is -2.02. The summed E-state index contributed by atoms with van der Waals surface area (Å²) >= 11 is 0. The van der Waals surface area contributed by atoms with Gasteiger partial charge in [0.05, 0.1) is 0 Å². The Labute approximate surface area is 68.7 Å². The molecule has 5 heteroatoms. The van der Waals surface area contributed by atoms with Crippen molar-refractivity contribution in [3.8, 4) is 0 Å². The summed E-state index contributed by atoms with van der Waals surface area (Å²) in [5.74, 6) is -0.935. The summed E-state index contributed by atoms with van der Waals surface area (Å²) in [4.78, 5) is 17.7. The topological polar surface area (TPSA) is 83.3 Å². The first-order chi connectivity index (χ1) is 5.70. The summed E-state index contributed by atoms with van der Waals surface area (Å²) in [6.45, 7) is 0. The van der Waals surface area contributed by atoms with Crippen molar-refractivity contribution in [1.29, 1.82) is 0 Å². The maximum atomic E-state index is 10.2. The van der Waals surface area contributed by atoms with Crippen molar-refractivity contribution in [2.45, 2.75) is 12.5 Å². The molecule has 0 saturated carbocycles. The number of aromatic nitrogens is 2. The molecule has 0 aliphatic carbocycles. The van der Waals surface area contributed by atoms with Crippen molar-refractivity contribution in [2.24, 2.45) is 0 Å². The lowest BCUT2D eigenvalue weighted by Crippen LogP contribution is -2.22. The van der Waals surface area contributed by atoms with Crippen LogP contribution in [-0.2, 0) is 11.2 Å². The monoisotopic (exact) mass is 168 g/mol. The minimum Gasteiger partial charge on any atom is -0.479 e. The molecule has 0 bridgehead atoms. The molecule has 0 saturated heterocycles. The molecule has 0 aliphatic rings. The van der Waals surface area contributed by atoms with Gasteiger partial charge in [0.2, 0.25) is 0 Å². The van der Waals surface area contributed by atoms with Gasteiger partial charge in [-0.2, -0.15) is 0 Å². The summed E-state index contributed by atoms with van der Waals surface area (Å²) < 4.78 is 0. The third-order valence-electron chi connectivity index (χ3n) is 1.28. The second-order valence-corrected chi connectivity index (χ2v) is 2.22. The van der Waals surface area contributed by atoms with Gasteiger partial charge in [-0.05, 0) is 6.07 Å². The highest BCUT2D eigenvalue weighted by molar-refractivity contribution is 5.72. The van der Waals surface area contributed by atoms with Crippen molar-refractivity contribution in [3.05, 3.63) is 24.3 Å². The molecule has 12 heavy (non-hydrogen) atoms. The third-order valence-corrected chi connectivity index (χ3v) is 1.28. The number of hydrogen-bond acceptors (Lipinski definition) is 4. The van der Waals surface area contributed by atoms with E-state index in [1.54, 1.807) is 6.07 Å². The Morgan fingerprint density at radius 2 is 2.08 bits per heavy atom. The SMILES string of the molecule is O=C(O)[C@H](O)Cc1ncccn1. The van der Waals surface area contributed by atoms with E-state index in [2.05, 4.69) is 9.97 Å². The first-order valence-corrected chi connectivity index (χ1v) is 3.37. The molecule has 1 heterocycles. The van der Waals surface area contributed by atoms with Gasteiger partial charge >= 0.3 is 5.97 Å². The molecule has 0 unspecified atom stereocenters. The molecule has 1 atom stereocenters. The van der Waals surface area contributed by atoms with E-state index in [4.69, 9.17) is 10.2 Å². The fourth-order valence-electron chi connectivity index (χ4n) is 0.696. The van der Waals surface area contributed by atoms with E-state index >= 15 is 0 Å². The van der Waals surface area contributed by atoms with Crippen molar-refractivity contribution < 1.29 is 15.0 Å². The number of nitrogens with zero attached hydrogens (tertiary/aromatic N) is 2. The van der Waals surface area contributed by atoms with Gasteiger partial charge in [-0.3, -0.25) is 0 Å². The molecule has 0 fully saturated rings. The van der Waals surface area contributed by atoms with E-state index in [-0.39, 0.29) is 6.42 Å². The molecule has 2 N–H and O–H groups in total. The van der Waals surface area contributed by atoms with Crippen LogP contribution in [-0.4, -0.2) is 32.3 Å². The molecule has 0 spiro atoms. The molecule has 64 valence electrons. The number of carbonyl (C=O) groups is 1. The zero-order valence-corrected chi connectivity index (χ0v) is 6.21. The Hall–Kier alpha value is -1.49. The number of rotatable bonds is 3. The van der Waals surface area contributed by atoms with E-state index in [1.807, 2.05) is 0 Å². The van der Waals surface area contributed by atoms with Crippen LogP contribution < -0.4 is 0 Å². The molecular weight excluding hydrogens is 160 g/mol. The quantitative estimate of drug-likeness (QED) is 0.633. The van der Waals surface area contributed by atoms with Gasteiger partial charge in [-0.1, -0.05) is 0 Å². The lowest BCUT2D eigenvalue weighted by molar-refractivity contribution is -0.146. The Balaban J connectivity index is 2.58. The summed E-state index contributed by atoms with van der Waals surface area (Å²) in [6, 6.07) is 1.62. The Kier molecular flexibility index (Phi) is 2.71. The van der Waals surface area contributed by atoms with Crippen LogP contribution >= 0.6 is 0 Å². The maximum absolute atomic E-state index is 10.2. The summed E-state index contributed by atoms with van der Waals surface area (Å²) in [5.41, 5.74) is 0. The van der Waals surface area contributed by atoms with Gasteiger partial charge in [-0.25, -0.2) is 14.8 Å². The Morgan fingerprint density at radius 3 is 2.58 bits per heavy atom. The van der Waals surface area contributed by atoms with Crippen LogP contribution in [0.25, 0.3) is 0 Å². The molecule has 1 rings (SSSR count). The van der Waals surface area contributed by atoms with Crippen LogP contribution in [0.4, 0.5) is 0 Å². The molecule has 0 amide bonds. The zero-order valence-electron chi connectivity index (χ0n) is 6.21. The van der Waals surface area contributed by atoms with Crippen LogP contribution in [0, 0.1) is 0 Å². The minimum absolute atomic E-state index is 0.0594. The molecule has 0 aromatic carbocycles. The summed E-state index contributed by atoms with van der Waals surface area (Å²) in [5, 5.41) is 17.2. The molecule has 5 nitrogen and oxygen atoms in total. The number of carboxylic acid groups (broad SMARTS) is 1. The highest BCUT2D eigenvalue weighted by Gasteiger charge is 2.14. The van der Waals surface area contributed by atoms with E-state index in [0.29, 0.717) is 5.82 Å². The van der Waals surface area contributed by atoms with Crippen LogP contribution in [0.5, 0.6) is 0 Å². The summed E-state index contributed by atoms with van der Waals surface area (Å²) in [6.07, 6.45) is 1.51. The van der Waals surface area contributed by atoms with Gasteiger partial charge < -0.3 is 10.2 Å². The first-order valence-electron chi connectivity index (χ1n) is 3.37. The number of hydrogen-bond donors (Lipinski definition) is 2. The lowest BCUT2D eigenvalue weighted by atomic mass is 10.2. The molecule has 1 aromatic rings. The minimum atomic E-state index is -1.42. The van der Waals surface area contributed by atoms with Gasteiger partial charge in [0, 0.05) is 18.8 Å². The number of aliphatic carboxylic acids is 1. The Bertz CT molecular complexity index is 263. The number of aliphatic hydroxyl groups excluding tert-OH is 1. The van der Waals surface area contributed by atoms with Crippen LogP contribution in [0.1, 0.15) is 5.82 Å². The van der Waals surface area contributed by atoms with Crippen molar-refractivity contribution in [1.82, 2.24) is 9.97 Å². The average molecular weight is 168 g/mol. The largest absolute Gasteiger partial charge is 0.479 e. The van der Waals surface area contributed by atoms with Crippen molar-refractivity contribution >= 4 is 5.97 Å². The van der Waals surface area contributed by atoms with Gasteiger partial charge in [0.15, 0.2) is 6.10 Å². The maximum Gasteiger partial charge on any atom is 0.332 e. The fourth-order valence-corrected chi connectivity index (χ4v) is 0.696. The van der Waals surface area contributed by atoms with Crippen molar-refractivity contribution in [2.75, 3.05) is 0 Å². The fraction of sp³-hybridized carbons (Fsp3) is 0.286. The summed E-state index contributed by atoms with van der Waals surface area (Å²) in [7, 11) is 0. The normalized spacial score (nSPS) is 12.4. The molecular formula is C7H8N2O3. The van der Waals surface area contributed by atoms with E-state index in [9.17, 15) is 4.79 Å². The van der Waals surface area contributed by atoms with E-state index in [1.165, 1.54) is 12.4 Å². The van der Waals surface area contributed by atoms with E-state index < -0.39 is 12.1 Å². The Morgan fingerprint density at radius 1 is 1.50 bits per heavy atom. The highest BCUT2D eigenvalue weighted by Crippen LogP contribution is 1.94. The highest BCUT2D eigenvalue weighted by atomic mass is 16.4. The average Bonchev–Trinajstić information content (AvgIpc) is 2.06. The van der Waals surface area contributed by atoms with Crippen LogP contribution in [0.2, 0.25) is 0 Å². The molecule has 0 aliphatic heterocycles. The van der Waals surface area contributed by atoms with Gasteiger partial charge in [0.25, 0.3) is 0 Å². The van der Waals surface area contributed by atoms with Gasteiger partial charge in [-0.15, -0.1) is 0 Å². The predicted octanol–water partition coefficient (Wildman–Crippen LogP) is -0.535. The second-order valence-electron chi connectivity index (χ2n) is 2.22. The zero-order chi connectivity index (χ0) is 8.97. The number of carboxylic acids is 1. The molecule has 1 aromatic heterocycles. The second kappa shape index (κ2) is 3.77. The standard InChI is InChI=1S/C7H8N2O3/c10-5(7(11)12)4-6-8-2-1-3-9-6/h1-3,5,10H,4H2,(H,11,12)/t5-/m1/s1. The molecule has 0 radical (unpaired) electrons. The first kappa shape index (κ1) is 8.61. The predicted molar refractivity (Wildman–Crippen MR) is 39.4 cm³/mol. The third kappa shape index (κ3) is 2.28. The van der Waals surface area contributed by atoms with Gasteiger partial charge in [0.1, 0.15) is 5.82 Å².